The smallest absolute Gasteiger partial charge is 0.342 e. The Hall–Kier alpha value is -2.94. The molecule has 8 nitrogen and oxygen atoms in total. The van der Waals surface area contributed by atoms with E-state index in [1.165, 1.54) is 13.2 Å². The first kappa shape index (κ1) is 16.9. The number of nitrogens with zero attached hydrogens (tertiary/aromatic N) is 2. The van der Waals surface area contributed by atoms with E-state index in [1.807, 2.05) is 0 Å². The Morgan fingerprint density at radius 3 is 2.64 bits per heavy atom. The van der Waals surface area contributed by atoms with Crippen LogP contribution in [0.2, 0.25) is 0 Å². The van der Waals surface area contributed by atoms with Gasteiger partial charge >= 0.3 is 5.97 Å². The number of carbonyl (C=O) groups excluding carboxylic acids is 1. The van der Waals surface area contributed by atoms with E-state index in [-0.39, 0.29) is 28.2 Å². The zero-order valence-electron chi connectivity index (χ0n) is 13.1. The van der Waals surface area contributed by atoms with Crippen molar-refractivity contribution in [3.05, 3.63) is 50.5 Å². The van der Waals surface area contributed by atoms with Gasteiger partial charge in [0.15, 0.2) is 5.58 Å². The Morgan fingerprint density at radius 1 is 1.28 bits per heavy atom. The van der Waals surface area contributed by atoms with Crippen molar-refractivity contribution in [1.29, 1.82) is 0 Å². The van der Waals surface area contributed by atoms with E-state index in [9.17, 15) is 14.9 Å². The molecule has 3 rings (SSSR count). The van der Waals surface area contributed by atoms with Gasteiger partial charge in [0, 0.05) is 17.7 Å². The van der Waals surface area contributed by atoms with Gasteiger partial charge in [-0.1, -0.05) is 0 Å². The van der Waals surface area contributed by atoms with Crippen LogP contribution in [0.25, 0.3) is 22.6 Å². The third-order valence-electron chi connectivity index (χ3n) is 3.49. The molecule has 1 heterocycles. The molecule has 0 unspecified atom stereocenters. The maximum Gasteiger partial charge on any atom is 0.342 e. The van der Waals surface area contributed by atoms with Gasteiger partial charge in [0.1, 0.15) is 16.8 Å². The minimum atomic E-state index is -0.743. The maximum absolute atomic E-state index is 11.9. The average molecular weight is 407 g/mol. The summed E-state index contributed by atoms with van der Waals surface area (Å²) in [4.78, 5) is 26.7. The highest BCUT2D eigenvalue weighted by atomic mass is 79.9. The quantitative estimate of drug-likeness (QED) is 0.366. The summed E-state index contributed by atoms with van der Waals surface area (Å²) in [6.07, 6.45) is 0. The van der Waals surface area contributed by atoms with E-state index in [2.05, 4.69) is 25.7 Å². The molecule has 0 atom stereocenters. The van der Waals surface area contributed by atoms with Crippen LogP contribution in [0.1, 0.15) is 10.4 Å². The molecule has 0 bridgehead atoms. The Morgan fingerprint density at radius 2 is 2.04 bits per heavy atom. The third-order valence-corrected chi connectivity index (χ3v) is 4.11. The van der Waals surface area contributed by atoms with E-state index < -0.39 is 10.9 Å². The Kier molecular flexibility index (Phi) is 4.41. The number of nitro groups is 1. The predicted octanol–water partition coefficient (Wildman–Crippen LogP) is 3.96. The van der Waals surface area contributed by atoms with Gasteiger partial charge in [-0.2, -0.15) is 0 Å². The van der Waals surface area contributed by atoms with Crippen molar-refractivity contribution in [2.45, 2.75) is 0 Å². The highest BCUT2D eigenvalue weighted by Gasteiger charge is 2.22. The van der Waals surface area contributed by atoms with Gasteiger partial charge in [-0.05, 0) is 34.1 Å². The molecule has 0 spiro atoms. The average Bonchev–Trinajstić information content (AvgIpc) is 3.04. The summed E-state index contributed by atoms with van der Waals surface area (Å²) in [5, 5.41) is 11.1. The largest absolute Gasteiger partial charge is 0.496 e. The minimum absolute atomic E-state index is 0.0574. The van der Waals surface area contributed by atoms with Gasteiger partial charge in [0.2, 0.25) is 5.89 Å². The number of aromatic nitrogens is 1. The number of hydrogen-bond donors (Lipinski definition) is 0. The summed E-state index contributed by atoms with van der Waals surface area (Å²) in [6, 6.07) is 7.52. The first-order valence-corrected chi connectivity index (χ1v) is 7.75. The molecule has 0 aliphatic rings. The number of ether oxygens (including phenoxy) is 2. The number of hydrogen-bond acceptors (Lipinski definition) is 7. The number of halogens is 1. The lowest BCUT2D eigenvalue weighted by Crippen LogP contribution is -2.02. The van der Waals surface area contributed by atoms with Crippen molar-refractivity contribution in [3.63, 3.8) is 0 Å². The Bertz CT molecular complexity index is 998. The van der Waals surface area contributed by atoms with Gasteiger partial charge < -0.3 is 13.9 Å². The van der Waals surface area contributed by atoms with Crippen molar-refractivity contribution in [2.75, 3.05) is 14.2 Å². The molecule has 2 aromatic carbocycles. The van der Waals surface area contributed by atoms with Crippen LogP contribution >= 0.6 is 15.9 Å². The number of rotatable bonds is 4. The minimum Gasteiger partial charge on any atom is -0.496 e. The number of nitro benzene ring substituents is 1. The van der Waals surface area contributed by atoms with E-state index >= 15 is 0 Å². The molecule has 3 aromatic rings. The standard InChI is InChI=1S/C16H11BrN2O6/c1-23-13-4-3-8(5-11(13)17)15-18-12-7-9(19(21)22)6-10(14(12)25-15)16(20)24-2/h3-7H,1-2H3. The van der Waals surface area contributed by atoms with Crippen molar-refractivity contribution < 1.29 is 23.6 Å². The molecule has 0 amide bonds. The number of non-ortho nitro benzene ring substituents is 1. The highest BCUT2D eigenvalue weighted by Crippen LogP contribution is 2.34. The topological polar surface area (TPSA) is 105 Å². The number of methoxy groups -OCH3 is 2. The van der Waals surface area contributed by atoms with Crippen LogP contribution in [0.15, 0.2) is 39.2 Å². The molecule has 128 valence electrons. The zero-order chi connectivity index (χ0) is 18.1. The fourth-order valence-electron chi connectivity index (χ4n) is 2.31. The first-order valence-electron chi connectivity index (χ1n) is 6.95. The normalized spacial score (nSPS) is 10.7. The molecule has 0 fully saturated rings. The molecular formula is C16H11BrN2O6. The third kappa shape index (κ3) is 3.05. The summed E-state index contributed by atoms with van der Waals surface area (Å²) in [7, 11) is 2.73. The van der Waals surface area contributed by atoms with Crippen molar-refractivity contribution in [2.24, 2.45) is 0 Å². The second kappa shape index (κ2) is 6.52. The Labute approximate surface area is 149 Å². The molecule has 0 aliphatic heterocycles. The van der Waals surface area contributed by atoms with Crippen LogP contribution in [0.4, 0.5) is 5.69 Å². The maximum atomic E-state index is 11.9. The zero-order valence-corrected chi connectivity index (χ0v) is 14.7. The molecule has 0 radical (unpaired) electrons. The van der Waals surface area contributed by atoms with Crippen molar-refractivity contribution in [3.8, 4) is 17.2 Å². The second-order valence-corrected chi connectivity index (χ2v) is 5.81. The van der Waals surface area contributed by atoms with Gasteiger partial charge in [0.25, 0.3) is 5.69 Å². The molecule has 25 heavy (non-hydrogen) atoms. The molecular weight excluding hydrogens is 396 g/mol. The number of benzene rings is 2. The SMILES string of the molecule is COC(=O)c1cc([N+](=O)[O-])cc2nc(-c3ccc(OC)c(Br)c3)oc12. The molecule has 0 N–H and O–H groups in total. The van der Waals surface area contributed by atoms with Gasteiger partial charge in [-0.3, -0.25) is 10.1 Å². The molecule has 9 heteroatoms. The summed E-state index contributed by atoms with van der Waals surface area (Å²) >= 11 is 3.37. The summed E-state index contributed by atoms with van der Waals surface area (Å²) in [6.45, 7) is 0. The number of carbonyl (C=O) groups is 1. The van der Waals surface area contributed by atoms with E-state index in [4.69, 9.17) is 9.15 Å². The summed E-state index contributed by atoms with van der Waals surface area (Å²) < 4.78 is 16.2. The highest BCUT2D eigenvalue weighted by molar-refractivity contribution is 9.10. The van der Waals surface area contributed by atoms with E-state index in [0.29, 0.717) is 15.8 Å². The lowest BCUT2D eigenvalue weighted by molar-refractivity contribution is -0.384. The van der Waals surface area contributed by atoms with Crippen LogP contribution in [-0.2, 0) is 4.74 Å². The van der Waals surface area contributed by atoms with Crippen molar-refractivity contribution in [1.82, 2.24) is 4.98 Å². The predicted molar refractivity (Wildman–Crippen MR) is 91.7 cm³/mol. The van der Waals surface area contributed by atoms with Gasteiger partial charge in [0.05, 0.1) is 23.6 Å². The first-order chi connectivity index (χ1) is 11.9. The lowest BCUT2D eigenvalue weighted by atomic mass is 10.1. The second-order valence-electron chi connectivity index (χ2n) is 4.96. The molecule has 0 saturated carbocycles. The number of fused-ring (bicyclic) bond motifs is 1. The number of oxazole rings is 1. The molecule has 0 aliphatic carbocycles. The van der Waals surface area contributed by atoms with Crippen LogP contribution in [0.5, 0.6) is 5.75 Å². The fourth-order valence-corrected chi connectivity index (χ4v) is 2.85. The van der Waals surface area contributed by atoms with Gasteiger partial charge in [-0.15, -0.1) is 0 Å². The summed E-state index contributed by atoms with van der Waals surface area (Å²) in [5.41, 5.74) is 0.597. The Balaban J connectivity index is 2.20. The lowest BCUT2D eigenvalue weighted by Gasteiger charge is -2.03. The number of esters is 1. The summed E-state index contributed by atoms with van der Waals surface area (Å²) in [5.74, 6) is 0.0991. The van der Waals surface area contributed by atoms with Crippen molar-refractivity contribution >= 4 is 38.7 Å². The van der Waals surface area contributed by atoms with E-state index in [1.54, 1.807) is 25.3 Å². The van der Waals surface area contributed by atoms with Crippen LogP contribution < -0.4 is 4.74 Å². The molecule has 1 aromatic heterocycles. The monoisotopic (exact) mass is 406 g/mol. The van der Waals surface area contributed by atoms with Crippen LogP contribution in [0, 0.1) is 10.1 Å². The van der Waals surface area contributed by atoms with Crippen LogP contribution in [-0.4, -0.2) is 30.1 Å². The van der Waals surface area contributed by atoms with E-state index in [0.717, 1.165) is 6.07 Å². The molecule has 0 saturated heterocycles. The van der Waals surface area contributed by atoms with Crippen LogP contribution in [0.3, 0.4) is 0 Å². The van der Waals surface area contributed by atoms with Gasteiger partial charge in [-0.25, -0.2) is 9.78 Å². The fraction of sp³-hybridized carbons (Fsp3) is 0.125.